The van der Waals surface area contributed by atoms with Crippen molar-refractivity contribution in [1.82, 2.24) is 9.88 Å². The first-order valence-corrected chi connectivity index (χ1v) is 9.68. The maximum absolute atomic E-state index is 12.8. The van der Waals surface area contributed by atoms with E-state index >= 15 is 0 Å². The molecule has 0 aliphatic carbocycles. The summed E-state index contributed by atoms with van der Waals surface area (Å²) in [5, 5.41) is 0.345. The van der Waals surface area contributed by atoms with Crippen molar-refractivity contribution in [3.05, 3.63) is 52.2 Å². The van der Waals surface area contributed by atoms with Gasteiger partial charge in [0.25, 0.3) is 5.91 Å². The molecule has 1 saturated heterocycles. The van der Waals surface area contributed by atoms with Crippen LogP contribution in [0, 0.1) is 13.8 Å². The molecule has 5 nitrogen and oxygen atoms in total. The van der Waals surface area contributed by atoms with E-state index in [9.17, 15) is 4.79 Å². The van der Waals surface area contributed by atoms with Crippen LogP contribution in [0.5, 0.6) is 11.6 Å². The van der Waals surface area contributed by atoms with Crippen molar-refractivity contribution in [3.8, 4) is 11.6 Å². The predicted molar refractivity (Wildman–Crippen MR) is 106 cm³/mol. The molecular weight excluding hydrogens is 364 g/mol. The fourth-order valence-corrected chi connectivity index (χ4v) is 3.33. The van der Waals surface area contributed by atoms with Crippen molar-refractivity contribution in [2.75, 3.05) is 19.7 Å². The van der Waals surface area contributed by atoms with E-state index in [-0.39, 0.29) is 17.7 Å². The number of carbonyl (C=O) groups excluding carboxylic acids is 1. The van der Waals surface area contributed by atoms with Crippen molar-refractivity contribution >= 4 is 17.5 Å². The molecule has 1 aliphatic heterocycles. The number of hydrogen-bond donors (Lipinski definition) is 0. The van der Waals surface area contributed by atoms with Crippen LogP contribution in [0.3, 0.4) is 0 Å². The lowest BCUT2D eigenvalue weighted by molar-refractivity contribution is 0.0588. The predicted octanol–water partition coefficient (Wildman–Crippen LogP) is 4.43. The van der Waals surface area contributed by atoms with Gasteiger partial charge in [0.05, 0.1) is 11.6 Å². The second kappa shape index (κ2) is 8.61. The fourth-order valence-electron chi connectivity index (χ4n) is 3.14. The number of pyridine rings is 1. The highest BCUT2D eigenvalue weighted by atomic mass is 35.5. The Kier molecular flexibility index (Phi) is 6.22. The van der Waals surface area contributed by atoms with Crippen LogP contribution in [0.25, 0.3) is 0 Å². The van der Waals surface area contributed by atoms with Gasteiger partial charge < -0.3 is 14.4 Å². The Labute approximate surface area is 165 Å². The summed E-state index contributed by atoms with van der Waals surface area (Å²) in [5.74, 6) is 1.18. The average molecular weight is 389 g/mol. The molecule has 1 aromatic carbocycles. The van der Waals surface area contributed by atoms with E-state index in [1.54, 1.807) is 17.0 Å². The molecule has 0 N–H and O–H groups in total. The van der Waals surface area contributed by atoms with Crippen molar-refractivity contribution in [2.45, 2.75) is 39.7 Å². The van der Waals surface area contributed by atoms with Gasteiger partial charge in [-0.1, -0.05) is 23.7 Å². The van der Waals surface area contributed by atoms with Crippen LogP contribution in [0.4, 0.5) is 0 Å². The van der Waals surface area contributed by atoms with Gasteiger partial charge in [0.2, 0.25) is 5.88 Å². The van der Waals surface area contributed by atoms with E-state index in [0.29, 0.717) is 30.6 Å². The number of piperidine rings is 1. The molecule has 0 saturated carbocycles. The van der Waals surface area contributed by atoms with Crippen molar-refractivity contribution in [3.63, 3.8) is 0 Å². The number of nitrogens with zero attached hydrogens (tertiary/aromatic N) is 2. The number of aryl methyl sites for hydroxylation is 2. The molecule has 0 radical (unpaired) electrons. The highest BCUT2D eigenvalue weighted by molar-refractivity contribution is 6.33. The standard InChI is InChI=1S/C21H25ClN2O3/c1-4-26-19-8-7-17(22)20(23-19)21(25)24-11-9-16(10-12-24)27-18-13-14(2)5-6-15(18)3/h5-8,13,16H,4,9-12H2,1-3H3. The van der Waals surface area contributed by atoms with E-state index in [0.717, 1.165) is 24.2 Å². The third kappa shape index (κ3) is 4.72. The molecule has 2 aromatic rings. The number of amides is 1. The Morgan fingerprint density at radius 2 is 1.96 bits per heavy atom. The van der Waals surface area contributed by atoms with E-state index in [2.05, 4.69) is 30.1 Å². The largest absolute Gasteiger partial charge is 0.490 e. The molecule has 0 atom stereocenters. The van der Waals surface area contributed by atoms with Gasteiger partial charge in [-0.3, -0.25) is 4.79 Å². The van der Waals surface area contributed by atoms with Gasteiger partial charge in [0, 0.05) is 32.0 Å². The summed E-state index contributed by atoms with van der Waals surface area (Å²) in [5.41, 5.74) is 2.55. The number of aromatic nitrogens is 1. The second-order valence-electron chi connectivity index (χ2n) is 6.79. The summed E-state index contributed by atoms with van der Waals surface area (Å²) in [6, 6.07) is 9.55. The van der Waals surface area contributed by atoms with Gasteiger partial charge in [-0.05, 0) is 44.0 Å². The van der Waals surface area contributed by atoms with E-state index in [1.807, 2.05) is 13.8 Å². The zero-order valence-corrected chi connectivity index (χ0v) is 16.8. The lowest BCUT2D eigenvalue weighted by atomic mass is 10.1. The third-order valence-electron chi connectivity index (χ3n) is 4.68. The first-order valence-electron chi connectivity index (χ1n) is 9.30. The molecule has 2 heterocycles. The molecule has 1 amide bonds. The summed E-state index contributed by atoms with van der Waals surface area (Å²) in [7, 11) is 0. The Hall–Kier alpha value is -2.27. The normalized spacial score (nSPS) is 14.9. The maximum Gasteiger partial charge on any atom is 0.274 e. The monoisotopic (exact) mass is 388 g/mol. The van der Waals surface area contributed by atoms with Crippen molar-refractivity contribution < 1.29 is 14.3 Å². The smallest absolute Gasteiger partial charge is 0.274 e. The van der Waals surface area contributed by atoms with Crippen molar-refractivity contribution in [2.24, 2.45) is 0 Å². The van der Waals surface area contributed by atoms with Crippen LogP contribution in [0.15, 0.2) is 30.3 Å². The first-order chi connectivity index (χ1) is 13.0. The molecule has 144 valence electrons. The zero-order valence-electron chi connectivity index (χ0n) is 16.0. The SMILES string of the molecule is CCOc1ccc(Cl)c(C(=O)N2CCC(Oc3cc(C)ccc3C)CC2)n1. The summed E-state index contributed by atoms with van der Waals surface area (Å²) >= 11 is 6.19. The fraction of sp³-hybridized carbons (Fsp3) is 0.429. The molecule has 3 rings (SSSR count). The van der Waals surface area contributed by atoms with Gasteiger partial charge in [-0.25, -0.2) is 4.98 Å². The molecule has 0 unspecified atom stereocenters. The Balaban J connectivity index is 1.63. The minimum Gasteiger partial charge on any atom is -0.490 e. The summed E-state index contributed by atoms with van der Waals surface area (Å²) in [6.07, 6.45) is 1.66. The van der Waals surface area contributed by atoms with Gasteiger partial charge in [0.1, 0.15) is 11.9 Å². The van der Waals surface area contributed by atoms with Gasteiger partial charge in [0.15, 0.2) is 5.69 Å². The second-order valence-corrected chi connectivity index (χ2v) is 7.20. The Morgan fingerprint density at radius 1 is 1.22 bits per heavy atom. The number of halogens is 1. The number of carbonyl (C=O) groups is 1. The number of hydrogen-bond acceptors (Lipinski definition) is 4. The average Bonchev–Trinajstić information content (AvgIpc) is 2.66. The van der Waals surface area contributed by atoms with E-state index < -0.39 is 0 Å². The molecule has 1 aromatic heterocycles. The van der Waals surface area contributed by atoms with Crippen LogP contribution < -0.4 is 9.47 Å². The van der Waals surface area contributed by atoms with Gasteiger partial charge >= 0.3 is 0 Å². The molecule has 1 aliphatic rings. The minimum atomic E-state index is -0.160. The molecule has 6 heteroatoms. The molecule has 27 heavy (non-hydrogen) atoms. The maximum atomic E-state index is 12.8. The van der Waals surface area contributed by atoms with E-state index in [4.69, 9.17) is 21.1 Å². The van der Waals surface area contributed by atoms with Gasteiger partial charge in [-0.15, -0.1) is 0 Å². The van der Waals surface area contributed by atoms with Gasteiger partial charge in [-0.2, -0.15) is 0 Å². The van der Waals surface area contributed by atoms with Crippen LogP contribution in [-0.2, 0) is 0 Å². The summed E-state index contributed by atoms with van der Waals surface area (Å²) in [6.45, 7) is 7.70. The lowest BCUT2D eigenvalue weighted by Crippen LogP contribution is -2.42. The lowest BCUT2D eigenvalue weighted by Gasteiger charge is -2.32. The number of ether oxygens (including phenoxy) is 2. The van der Waals surface area contributed by atoms with Crippen LogP contribution in [0.2, 0.25) is 5.02 Å². The van der Waals surface area contributed by atoms with Crippen LogP contribution in [0.1, 0.15) is 41.4 Å². The van der Waals surface area contributed by atoms with Crippen LogP contribution >= 0.6 is 11.6 Å². The molecule has 1 fully saturated rings. The summed E-state index contributed by atoms with van der Waals surface area (Å²) < 4.78 is 11.6. The molecule has 0 spiro atoms. The highest BCUT2D eigenvalue weighted by Crippen LogP contribution is 2.25. The highest BCUT2D eigenvalue weighted by Gasteiger charge is 2.27. The number of benzene rings is 1. The molecular formula is C21H25ClN2O3. The van der Waals surface area contributed by atoms with Crippen molar-refractivity contribution in [1.29, 1.82) is 0 Å². The zero-order chi connectivity index (χ0) is 19.4. The quantitative estimate of drug-likeness (QED) is 0.760. The number of rotatable bonds is 5. The first kappa shape index (κ1) is 19.5. The molecule has 0 bridgehead atoms. The topological polar surface area (TPSA) is 51.7 Å². The third-order valence-corrected chi connectivity index (χ3v) is 4.99. The minimum absolute atomic E-state index is 0.104. The van der Waals surface area contributed by atoms with E-state index in [1.165, 1.54) is 5.56 Å². The Bertz CT molecular complexity index is 817. The Morgan fingerprint density at radius 3 is 2.67 bits per heavy atom. The number of likely N-dealkylation sites (tertiary alicyclic amines) is 1. The summed E-state index contributed by atoms with van der Waals surface area (Å²) in [4.78, 5) is 18.9. The van der Waals surface area contributed by atoms with Crippen LogP contribution in [-0.4, -0.2) is 41.6 Å².